The normalized spacial score (nSPS) is 22.1. The van der Waals surface area contributed by atoms with E-state index in [1.165, 1.54) is 0 Å². The van der Waals surface area contributed by atoms with Gasteiger partial charge in [-0.3, -0.25) is 0 Å². The highest BCUT2D eigenvalue weighted by atomic mass is 35.5. The van der Waals surface area contributed by atoms with E-state index in [-0.39, 0.29) is 12.4 Å². The van der Waals surface area contributed by atoms with Crippen molar-refractivity contribution in [3.05, 3.63) is 144 Å². The number of hydrogen-bond acceptors (Lipinski definition) is 6. The zero-order chi connectivity index (χ0) is 27.4. The van der Waals surface area contributed by atoms with Gasteiger partial charge in [0, 0.05) is 0 Å². The fraction of sp³-hybridized carbons (Fsp3) is 0.294. The Bertz CT molecular complexity index is 1210. The van der Waals surface area contributed by atoms with Crippen LogP contribution in [0.2, 0.25) is 0 Å². The maximum Gasteiger partial charge on any atom is 0.176 e. The van der Waals surface area contributed by atoms with Gasteiger partial charge in [-0.05, 0) is 22.3 Å². The summed E-state index contributed by atoms with van der Waals surface area (Å²) in [7, 11) is 0. The molecular weight excluding hydrogens is 538 g/mol. The number of rotatable bonds is 13. The Morgan fingerprint density at radius 1 is 0.512 bits per heavy atom. The van der Waals surface area contributed by atoms with Crippen LogP contribution in [0.3, 0.4) is 0 Å². The van der Waals surface area contributed by atoms with Gasteiger partial charge < -0.3 is 29.4 Å². The lowest BCUT2D eigenvalue weighted by molar-refractivity contribution is -0.289. The maximum atomic E-state index is 6.80. The van der Waals surface area contributed by atoms with Gasteiger partial charge in [-0.1, -0.05) is 121 Å². The van der Waals surface area contributed by atoms with Crippen molar-refractivity contribution in [2.75, 3.05) is 6.61 Å². The highest BCUT2D eigenvalue weighted by Crippen LogP contribution is 2.28. The third-order valence-corrected chi connectivity index (χ3v) is 6.91. The van der Waals surface area contributed by atoms with Crippen LogP contribution in [0.4, 0.5) is 0 Å². The molecule has 1 heterocycles. The largest absolute Gasteiger partial charge is 0.374 e. The Morgan fingerprint density at radius 3 is 1.37 bits per heavy atom. The van der Waals surface area contributed by atoms with E-state index in [2.05, 4.69) is 0 Å². The average Bonchev–Trinajstić information content (AvgIpc) is 3.01. The summed E-state index contributed by atoms with van der Waals surface area (Å²) in [5.74, 6) is 0. The van der Waals surface area contributed by atoms with E-state index in [0.29, 0.717) is 33.0 Å². The molecule has 4 aromatic carbocycles. The SMILES string of the molecule is Cl.N[C@H]1[C@H](OCc2ccccc2)O[C@H](COCc2ccccc2)[C@@H](OCc2ccccc2)[C@@H]1OCc1ccccc1. The summed E-state index contributed by atoms with van der Waals surface area (Å²) in [5.41, 5.74) is 11.0. The Kier molecular flexibility index (Phi) is 12.3. The summed E-state index contributed by atoms with van der Waals surface area (Å²) < 4.78 is 31.8. The molecule has 5 atom stereocenters. The first-order valence-electron chi connectivity index (χ1n) is 13.8. The van der Waals surface area contributed by atoms with Crippen molar-refractivity contribution >= 4 is 12.4 Å². The van der Waals surface area contributed by atoms with Crippen molar-refractivity contribution in [1.82, 2.24) is 0 Å². The first-order valence-corrected chi connectivity index (χ1v) is 13.8. The molecule has 0 aromatic heterocycles. The lowest BCUT2D eigenvalue weighted by Gasteiger charge is -2.44. The van der Waals surface area contributed by atoms with Gasteiger partial charge in [0.1, 0.15) is 18.3 Å². The van der Waals surface area contributed by atoms with Crippen molar-refractivity contribution in [1.29, 1.82) is 0 Å². The summed E-state index contributed by atoms with van der Waals surface area (Å²) in [6.07, 6.45) is -2.09. The molecule has 0 bridgehead atoms. The van der Waals surface area contributed by atoms with Crippen molar-refractivity contribution in [2.45, 2.75) is 57.1 Å². The Labute approximate surface area is 248 Å². The van der Waals surface area contributed by atoms with E-state index in [4.69, 9.17) is 29.4 Å². The molecule has 0 aliphatic carbocycles. The highest BCUT2D eigenvalue weighted by molar-refractivity contribution is 5.85. The van der Waals surface area contributed by atoms with Gasteiger partial charge in [0.2, 0.25) is 0 Å². The van der Waals surface area contributed by atoms with Crippen LogP contribution in [0.1, 0.15) is 22.3 Å². The standard InChI is InChI=1S/C34H37NO5.ClH/c35-31-33(38-23-28-17-9-3-10-18-28)32(37-22-27-15-7-2-8-16-27)30(25-36-21-26-13-5-1-6-14-26)40-34(31)39-24-29-19-11-4-12-20-29;/h1-20,30-34H,21-25,35H2;1H/t30-,31-,32-,33-,34-;/m1./s1. The summed E-state index contributed by atoms with van der Waals surface area (Å²) in [6.45, 7) is 1.93. The molecule has 4 aromatic rings. The van der Waals surface area contributed by atoms with Crippen LogP contribution in [0.25, 0.3) is 0 Å². The van der Waals surface area contributed by atoms with E-state index in [1.54, 1.807) is 0 Å². The van der Waals surface area contributed by atoms with Crippen LogP contribution < -0.4 is 5.73 Å². The smallest absolute Gasteiger partial charge is 0.176 e. The minimum absolute atomic E-state index is 0. The third-order valence-electron chi connectivity index (χ3n) is 6.91. The van der Waals surface area contributed by atoms with E-state index in [1.807, 2.05) is 121 Å². The van der Waals surface area contributed by atoms with Crippen LogP contribution in [0.5, 0.6) is 0 Å². The fourth-order valence-corrected chi connectivity index (χ4v) is 4.77. The Hall–Kier alpha value is -3.07. The average molecular weight is 576 g/mol. The van der Waals surface area contributed by atoms with Crippen molar-refractivity contribution < 1.29 is 23.7 Å². The highest BCUT2D eigenvalue weighted by Gasteiger charge is 2.46. The third kappa shape index (κ3) is 9.21. The molecule has 1 aliphatic heterocycles. The quantitative estimate of drug-likeness (QED) is 0.209. The number of halogens is 1. The molecule has 216 valence electrons. The molecule has 2 N–H and O–H groups in total. The summed E-state index contributed by atoms with van der Waals surface area (Å²) >= 11 is 0. The van der Waals surface area contributed by atoms with E-state index >= 15 is 0 Å². The molecule has 0 amide bonds. The molecule has 5 rings (SSSR count). The molecule has 7 heteroatoms. The van der Waals surface area contributed by atoms with Gasteiger partial charge in [0.15, 0.2) is 6.29 Å². The predicted octanol–water partition coefficient (Wildman–Crippen LogP) is 6.06. The van der Waals surface area contributed by atoms with Gasteiger partial charge in [-0.25, -0.2) is 0 Å². The number of hydrogen-bond donors (Lipinski definition) is 1. The topological polar surface area (TPSA) is 72.2 Å². The molecule has 41 heavy (non-hydrogen) atoms. The molecule has 0 radical (unpaired) electrons. The fourth-order valence-electron chi connectivity index (χ4n) is 4.77. The molecular formula is C34H38ClNO5. The first-order chi connectivity index (χ1) is 19.8. The maximum absolute atomic E-state index is 6.80. The summed E-state index contributed by atoms with van der Waals surface area (Å²) in [6, 6.07) is 39.6. The molecule has 6 nitrogen and oxygen atoms in total. The molecule has 0 unspecified atom stereocenters. The number of ether oxygens (including phenoxy) is 5. The Morgan fingerprint density at radius 2 is 0.902 bits per heavy atom. The van der Waals surface area contributed by atoms with E-state index < -0.39 is 30.6 Å². The summed E-state index contributed by atoms with van der Waals surface area (Å²) in [4.78, 5) is 0. The number of nitrogens with two attached hydrogens (primary N) is 1. The monoisotopic (exact) mass is 575 g/mol. The van der Waals surface area contributed by atoms with Gasteiger partial charge in [-0.15, -0.1) is 12.4 Å². The van der Waals surface area contributed by atoms with Gasteiger partial charge in [0.05, 0.1) is 39.1 Å². The molecule has 0 spiro atoms. The predicted molar refractivity (Wildman–Crippen MR) is 161 cm³/mol. The van der Waals surface area contributed by atoms with Gasteiger partial charge in [-0.2, -0.15) is 0 Å². The second-order valence-corrected chi connectivity index (χ2v) is 9.94. The lowest BCUT2D eigenvalue weighted by Crippen LogP contribution is -2.64. The van der Waals surface area contributed by atoms with Gasteiger partial charge in [0.25, 0.3) is 0 Å². The molecule has 0 saturated carbocycles. The van der Waals surface area contributed by atoms with Crippen LogP contribution in [0, 0.1) is 0 Å². The molecule has 1 saturated heterocycles. The minimum Gasteiger partial charge on any atom is -0.374 e. The van der Waals surface area contributed by atoms with E-state index in [9.17, 15) is 0 Å². The van der Waals surface area contributed by atoms with Crippen LogP contribution in [-0.2, 0) is 50.1 Å². The molecule has 1 aliphatic rings. The van der Waals surface area contributed by atoms with Gasteiger partial charge >= 0.3 is 0 Å². The van der Waals surface area contributed by atoms with Crippen LogP contribution in [0.15, 0.2) is 121 Å². The van der Waals surface area contributed by atoms with Crippen molar-refractivity contribution in [2.24, 2.45) is 5.73 Å². The van der Waals surface area contributed by atoms with Crippen molar-refractivity contribution in [3.8, 4) is 0 Å². The number of benzene rings is 4. The van der Waals surface area contributed by atoms with Crippen LogP contribution >= 0.6 is 12.4 Å². The molecule has 1 fully saturated rings. The zero-order valence-electron chi connectivity index (χ0n) is 23.0. The second-order valence-electron chi connectivity index (χ2n) is 9.94. The Balaban J connectivity index is 0.00000387. The minimum atomic E-state index is -0.692. The van der Waals surface area contributed by atoms with E-state index in [0.717, 1.165) is 22.3 Å². The lowest BCUT2D eigenvalue weighted by atomic mass is 9.96. The summed E-state index contributed by atoms with van der Waals surface area (Å²) in [5, 5.41) is 0. The zero-order valence-corrected chi connectivity index (χ0v) is 23.8. The van der Waals surface area contributed by atoms with Crippen molar-refractivity contribution in [3.63, 3.8) is 0 Å². The first kappa shape index (κ1) is 30.9. The van der Waals surface area contributed by atoms with Crippen LogP contribution in [-0.4, -0.2) is 37.3 Å². The second kappa shape index (κ2) is 16.4.